The van der Waals surface area contributed by atoms with Gasteiger partial charge in [0.2, 0.25) is 0 Å². The zero-order valence-electron chi connectivity index (χ0n) is 8.82. The molecule has 0 saturated carbocycles. The molecule has 0 aliphatic carbocycles. The minimum absolute atomic E-state index is 0.550. The lowest BCUT2D eigenvalue weighted by atomic mass is 10.0. The largest absolute Gasteiger partial charge is 0.286 e. The van der Waals surface area contributed by atoms with Gasteiger partial charge in [0.05, 0.1) is 12.4 Å². The van der Waals surface area contributed by atoms with Crippen molar-refractivity contribution in [2.75, 3.05) is 33.4 Å². The maximum Gasteiger partial charge on any atom is 0.105 e. The van der Waals surface area contributed by atoms with E-state index in [9.17, 15) is 0 Å². The summed E-state index contributed by atoms with van der Waals surface area (Å²) in [6, 6.07) is 0. The van der Waals surface area contributed by atoms with Gasteiger partial charge in [-0.05, 0) is 19.3 Å². The molecule has 0 radical (unpaired) electrons. The second kappa shape index (κ2) is 3.21. The van der Waals surface area contributed by atoms with Crippen LogP contribution in [0, 0.1) is 0 Å². The first-order valence-electron chi connectivity index (χ1n) is 5.61. The highest BCUT2D eigenvalue weighted by Gasteiger charge is 2.38. The van der Waals surface area contributed by atoms with E-state index in [0.29, 0.717) is 6.17 Å². The smallest absolute Gasteiger partial charge is 0.105 e. The first-order valence-corrected chi connectivity index (χ1v) is 5.61. The molecule has 0 N–H and O–H groups in total. The third-order valence-corrected chi connectivity index (χ3v) is 3.44. The van der Waals surface area contributed by atoms with E-state index in [1.54, 1.807) is 0 Å². The topological polar surface area (TPSA) is 22.1 Å². The maximum atomic E-state index is 4.65. The van der Waals surface area contributed by atoms with Crippen LogP contribution in [0.2, 0.25) is 0 Å². The van der Waals surface area contributed by atoms with E-state index in [1.165, 1.54) is 44.6 Å². The predicted octanol–water partition coefficient (Wildman–Crippen LogP) is 0.373. The Hall–Kier alpha value is -0.610. The molecule has 3 heterocycles. The van der Waals surface area contributed by atoms with Crippen molar-refractivity contribution < 1.29 is 0 Å². The SMILES string of the molecule is CN1CN2CCCN3CCCC(=N1)C32. The highest BCUT2D eigenvalue weighted by molar-refractivity contribution is 5.90. The van der Waals surface area contributed by atoms with Crippen LogP contribution in [0.1, 0.15) is 19.3 Å². The average molecular weight is 194 g/mol. The average Bonchev–Trinajstić information content (AvgIpc) is 2.18. The Morgan fingerprint density at radius 1 is 1.14 bits per heavy atom. The van der Waals surface area contributed by atoms with Crippen molar-refractivity contribution in [2.45, 2.75) is 25.4 Å². The van der Waals surface area contributed by atoms with Gasteiger partial charge in [-0.1, -0.05) is 0 Å². The van der Waals surface area contributed by atoms with Gasteiger partial charge in [-0.25, -0.2) is 0 Å². The molecule has 0 amide bonds. The molecule has 3 rings (SSSR count). The van der Waals surface area contributed by atoms with Crippen molar-refractivity contribution in [1.29, 1.82) is 0 Å². The van der Waals surface area contributed by atoms with Gasteiger partial charge in [-0.3, -0.25) is 14.8 Å². The molecule has 14 heavy (non-hydrogen) atoms. The van der Waals surface area contributed by atoms with E-state index in [0.717, 1.165) is 6.67 Å². The molecule has 0 bridgehead atoms. The van der Waals surface area contributed by atoms with Gasteiger partial charge in [0.25, 0.3) is 0 Å². The van der Waals surface area contributed by atoms with Crippen molar-refractivity contribution >= 4 is 5.71 Å². The summed E-state index contributed by atoms with van der Waals surface area (Å²) in [5.41, 5.74) is 1.39. The van der Waals surface area contributed by atoms with E-state index >= 15 is 0 Å². The predicted molar refractivity (Wildman–Crippen MR) is 56.0 cm³/mol. The van der Waals surface area contributed by atoms with Crippen molar-refractivity contribution in [2.24, 2.45) is 5.10 Å². The Bertz CT molecular complexity index is 261. The van der Waals surface area contributed by atoms with Crippen LogP contribution in [0.25, 0.3) is 0 Å². The number of nitrogens with zero attached hydrogens (tertiary/aromatic N) is 4. The standard InChI is InChI=1S/C10H18N4/c1-12-8-14-7-3-6-13-5-2-4-9(11-12)10(13)14/h10H,2-8H2,1H3. The van der Waals surface area contributed by atoms with Crippen LogP contribution in [0.5, 0.6) is 0 Å². The Morgan fingerprint density at radius 2 is 1.93 bits per heavy atom. The summed E-state index contributed by atoms with van der Waals surface area (Å²) < 4.78 is 0. The number of hydrogen-bond donors (Lipinski definition) is 0. The van der Waals surface area contributed by atoms with Gasteiger partial charge in [-0.2, -0.15) is 5.10 Å². The molecule has 78 valence electrons. The first-order chi connectivity index (χ1) is 6.84. The molecule has 3 aliphatic rings. The quantitative estimate of drug-likeness (QED) is 0.556. The van der Waals surface area contributed by atoms with E-state index in [2.05, 4.69) is 27.0 Å². The van der Waals surface area contributed by atoms with Crippen LogP contribution in [-0.4, -0.2) is 60.0 Å². The van der Waals surface area contributed by atoms with Crippen LogP contribution in [-0.2, 0) is 0 Å². The van der Waals surface area contributed by atoms with Gasteiger partial charge in [0.15, 0.2) is 0 Å². The zero-order valence-corrected chi connectivity index (χ0v) is 8.82. The Kier molecular flexibility index (Phi) is 1.99. The fourth-order valence-corrected chi connectivity index (χ4v) is 2.96. The van der Waals surface area contributed by atoms with Gasteiger partial charge in [0.1, 0.15) is 6.17 Å². The summed E-state index contributed by atoms with van der Waals surface area (Å²) in [6.45, 7) is 4.78. The number of hydrogen-bond acceptors (Lipinski definition) is 4. The maximum absolute atomic E-state index is 4.65. The van der Waals surface area contributed by atoms with Crippen LogP contribution in [0.4, 0.5) is 0 Å². The minimum atomic E-state index is 0.550. The lowest BCUT2D eigenvalue weighted by Gasteiger charge is -2.50. The highest BCUT2D eigenvalue weighted by Crippen LogP contribution is 2.25. The molecule has 0 aromatic carbocycles. The van der Waals surface area contributed by atoms with Crippen molar-refractivity contribution in [3.63, 3.8) is 0 Å². The molecule has 2 saturated heterocycles. The van der Waals surface area contributed by atoms with Crippen molar-refractivity contribution in [3.05, 3.63) is 0 Å². The highest BCUT2D eigenvalue weighted by atomic mass is 15.6. The van der Waals surface area contributed by atoms with Crippen LogP contribution in [0.15, 0.2) is 5.10 Å². The molecule has 4 nitrogen and oxygen atoms in total. The summed E-state index contributed by atoms with van der Waals surface area (Å²) in [5.74, 6) is 0. The second-order valence-electron chi connectivity index (χ2n) is 4.57. The van der Waals surface area contributed by atoms with E-state index in [-0.39, 0.29) is 0 Å². The van der Waals surface area contributed by atoms with E-state index in [1.807, 2.05) is 0 Å². The molecule has 3 aliphatic heterocycles. The van der Waals surface area contributed by atoms with E-state index < -0.39 is 0 Å². The molecule has 1 unspecified atom stereocenters. The lowest BCUT2D eigenvalue weighted by molar-refractivity contribution is -0.0102. The summed E-state index contributed by atoms with van der Waals surface area (Å²) in [4.78, 5) is 5.16. The number of rotatable bonds is 0. The molecule has 1 atom stereocenters. The monoisotopic (exact) mass is 194 g/mol. The fraction of sp³-hybridized carbons (Fsp3) is 0.900. The summed E-state index contributed by atoms with van der Waals surface area (Å²) in [5, 5.41) is 6.74. The van der Waals surface area contributed by atoms with Crippen LogP contribution >= 0.6 is 0 Å². The van der Waals surface area contributed by atoms with Crippen LogP contribution < -0.4 is 0 Å². The first kappa shape index (κ1) is 8.68. The Labute approximate surface area is 85.2 Å². The third kappa shape index (κ3) is 1.25. The molecule has 0 aromatic heterocycles. The van der Waals surface area contributed by atoms with Gasteiger partial charge < -0.3 is 0 Å². The molecule has 0 aromatic rings. The molecule has 2 fully saturated rings. The van der Waals surface area contributed by atoms with Crippen molar-refractivity contribution in [3.8, 4) is 0 Å². The summed E-state index contributed by atoms with van der Waals surface area (Å²) in [6.07, 6.45) is 4.35. The summed E-state index contributed by atoms with van der Waals surface area (Å²) >= 11 is 0. The minimum Gasteiger partial charge on any atom is -0.286 e. The Balaban J connectivity index is 1.92. The lowest BCUT2D eigenvalue weighted by Crippen LogP contribution is -2.63. The summed E-state index contributed by atoms with van der Waals surface area (Å²) in [7, 11) is 2.08. The fourth-order valence-electron chi connectivity index (χ4n) is 2.96. The van der Waals surface area contributed by atoms with Gasteiger partial charge >= 0.3 is 0 Å². The van der Waals surface area contributed by atoms with Gasteiger partial charge in [0, 0.05) is 26.7 Å². The van der Waals surface area contributed by atoms with E-state index in [4.69, 9.17) is 0 Å². The molecule has 0 spiro atoms. The van der Waals surface area contributed by atoms with Crippen molar-refractivity contribution in [1.82, 2.24) is 14.8 Å². The normalized spacial score (nSPS) is 33.9. The number of hydrazone groups is 1. The third-order valence-electron chi connectivity index (χ3n) is 3.44. The molecular weight excluding hydrogens is 176 g/mol. The zero-order chi connectivity index (χ0) is 9.54. The van der Waals surface area contributed by atoms with Crippen LogP contribution in [0.3, 0.4) is 0 Å². The van der Waals surface area contributed by atoms with Gasteiger partial charge in [-0.15, -0.1) is 0 Å². The molecular formula is C10H18N4. The molecule has 4 heteroatoms. The second-order valence-corrected chi connectivity index (χ2v) is 4.57. The number of piperidine rings is 1. The Morgan fingerprint density at radius 3 is 2.86 bits per heavy atom.